The van der Waals surface area contributed by atoms with Gasteiger partial charge in [-0.2, -0.15) is 4.57 Å². The van der Waals surface area contributed by atoms with Gasteiger partial charge >= 0.3 is 0 Å². The van der Waals surface area contributed by atoms with Crippen LogP contribution in [0.15, 0.2) is 84.2 Å². The number of hydrogen-bond acceptors (Lipinski definition) is 0. The molecule has 2 heteroatoms. The lowest BCUT2D eigenvalue weighted by molar-refractivity contribution is -0.702. The van der Waals surface area contributed by atoms with Crippen molar-refractivity contribution in [2.24, 2.45) is 17.8 Å². The van der Waals surface area contributed by atoms with Crippen molar-refractivity contribution in [2.75, 3.05) is 0 Å². The van der Waals surface area contributed by atoms with Crippen molar-refractivity contribution >= 4 is 5.70 Å². The molecule has 2 heterocycles. The number of nitrogens with zero attached hydrogens (tertiary/aromatic N) is 2. The molecule has 2 atom stereocenters. The molecule has 0 amide bonds. The maximum atomic E-state index is 2.55. The van der Waals surface area contributed by atoms with Crippen molar-refractivity contribution in [1.82, 2.24) is 4.57 Å². The van der Waals surface area contributed by atoms with Crippen LogP contribution in [0.4, 0.5) is 0 Å². The molecule has 0 saturated heterocycles. The molecule has 1 aliphatic carbocycles. The van der Waals surface area contributed by atoms with Gasteiger partial charge in [-0.25, -0.2) is 4.57 Å². The molecule has 2 nitrogen and oxygen atoms in total. The van der Waals surface area contributed by atoms with Crippen LogP contribution in [-0.4, -0.2) is 4.57 Å². The molecule has 3 aromatic rings. The number of imidazole rings is 1. The molecule has 33 heavy (non-hydrogen) atoms. The summed E-state index contributed by atoms with van der Waals surface area (Å²) in [6.07, 6.45) is 8.27. The zero-order valence-electron chi connectivity index (χ0n) is 20.9. The van der Waals surface area contributed by atoms with Gasteiger partial charge in [0.2, 0.25) is 0 Å². The third-order valence-electron chi connectivity index (χ3n) is 7.49. The number of fused-ring (bicyclic) bond motifs is 3. The van der Waals surface area contributed by atoms with E-state index in [0.717, 1.165) is 6.42 Å². The third kappa shape index (κ3) is 3.60. The minimum absolute atomic E-state index is 0.396. The summed E-state index contributed by atoms with van der Waals surface area (Å²) in [5.41, 5.74) is 8.73. The highest BCUT2D eigenvalue weighted by atomic mass is 15.2. The maximum absolute atomic E-state index is 2.55. The molecule has 170 valence electrons. The first kappa shape index (κ1) is 21.9. The Kier molecular flexibility index (Phi) is 5.64. The SMILES string of the molecule is CC(C)C1=CC(c2ccccc2)CC(C(C)C)=C1n1cc[n+]2c1-c1ccccc1[C@H]2C(C)C. The molecule has 1 aromatic heterocycles. The number of benzene rings is 2. The molecule has 0 bridgehead atoms. The minimum atomic E-state index is 0.396. The van der Waals surface area contributed by atoms with E-state index in [1.165, 1.54) is 33.8 Å². The standard InChI is InChI=1S/C31H37N2/c1-20(2)27-18-24(23-12-8-7-9-13-23)19-28(21(3)4)30(27)33-17-16-32-29(22(5)6)25-14-10-11-15-26(25)31(32)33/h7-18,20-22,24,29H,19H2,1-6H3/q+1/t24?,29-/m1/s1. The zero-order valence-corrected chi connectivity index (χ0v) is 20.9. The van der Waals surface area contributed by atoms with Gasteiger partial charge in [0.1, 0.15) is 24.1 Å². The summed E-state index contributed by atoms with van der Waals surface area (Å²) in [5.74, 6) is 3.27. The highest BCUT2D eigenvalue weighted by molar-refractivity contribution is 5.76. The van der Waals surface area contributed by atoms with E-state index in [1.807, 2.05) is 0 Å². The first-order valence-corrected chi connectivity index (χ1v) is 12.6. The molecule has 2 aromatic carbocycles. The van der Waals surface area contributed by atoms with Gasteiger partial charge in [-0.15, -0.1) is 0 Å². The largest absolute Gasteiger partial charge is 0.295 e. The summed E-state index contributed by atoms with van der Waals surface area (Å²) < 4.78 is 5.03. The molecule has 1 unspecified atom stereocenters. The predicted molar refractivity (Wildman–Crippen MR) is 138 cm³/mol. The van der Waals surface area contributed by atoms with Crippen LogP contribution >= 0.6 is 0 Å². The molecule has 1 aliphatic heterocycles. The summed E-state index contributed by atoms with van der Waals surface area (Å²) in [5, 5.41) is 0. The lowest BCUT2D eigenvalue weighted by Gasteiger charge is -2.29. The summed E-state index contributed by atoms with van der Waals surface area (Å²) in [6.45, 7) is 14.1. The van der Waals surface area contributed by atoms with Gasteiger partial charge in [0, 0.05) is 11.5 Å². The Bertz CT molecular complexity index is 1220. The van der Waals surface area contributed by atoms with Gasteiger partial charge in [-0.1, -0.05) is 96.1 Å². The second-order valence-electron chi connectivity index (χ2n) is 10.7. The van der Waals surface area contributed by atoms with E-state index in [-0.39, 0.29) is 0 Å². The molecule has 0 N–H and O–H groups in total. The van der Waals surface area contributed by atoms with Crippen molar-refractivity contribution < 1.29 is 4.57 Å². The fourth-order valence-corrected chi connectivity index (χ4v) is 5.92. The first-order valence-electron chi connectivity index (χ1n) is 12.6. The molecule has 0 radical (unpaired) electrons. The van der Waals surface area contributed by atoms with Gasteiger partial charge in [-0.3, -0.25) is 0 Å². The van der Waals surface area contributed by atoms with Crippen LogP contribution in [0, 0.1) is 17.8 Å². The Hall–Kier alpha value is -2.87. The summed E-state index contributed by atoms with van der Waals surface area (Å²) in [4.78, 5) is 0. The highest BCUT2D eigenvalue weighted by Crippen LogP contribution is 2.45. The van der Waals surface area contributed by atoms with E-state index in [9.17, 15) is 0 Å². The lowest BCUT2D eigenvalue weighted by atomic mass is 9.77. The smallest absolute Gasteiger partial charge is 0.222 e. The topological polar surface area (TPSA) is 8.81 Å². The summed E-state index contributed by atoms with van der Waals surface area (Å²) >= 11 is 0. The quantitative estimate of drug-likeness (QED) is 0.363. The predicted octanol–water partition coefficient (Wildman–Crippen LogP) is 7.64. The van der Waals surface area contributed by atoms with Crippen molar-refractivity contribution in [3.05, 3.63) is 95.3 Å². The Labute approximate surface area is 199 Å². The minimum Gasteiger partial charge on any atom is -0.222 e. The van der Waals surface area contributed by atoms with Crippen molar-refractivity contribution in [2.45, 2.75) is 59.9 Å². The average molecular weight is 438 g/mol. The zero-order chi connectivity index (χ0) is 23.3. The first-order chi connectivity index (χ1) is 15.9. The number of hydrogen-bond donors (Lipinski definition) is 0. The van der Waals surface area contributed by atoms with Crippen molar-refractivity contribution in [3.63, 3.8) is 0 Å². The van der Waals surface area contributed by atoms with E-state index in [4.69, 9.17) is 0 Å². The lowest BCUT2D eigenvalue weighted by Crippen LogP contribution is -2.39. The molecular weight excluding hydrogens is 400 g/mol. The van der Waals surface area contributed by atoms with Crippen molar-refractivity contribution in [3.8, 4) is 11.4 Å². The van der Waals surface area contributed by atoms with Crippen molar-refractivity contribution in [1.29, 1.82) is 0 Å². The maximum Gasteiger partial charge on any atom is 0.295 e. The van der Waals surface area contributed by atoms with E-state index in [1.54, 1.807) is 5.57 Å². The average Bonchev–Trinajstić information content (AvgIpc) is 3.36. The molecule has 0 saturated carbocycles. The molecule has 0 fully saturated rings. The Morgan fingerprint density at radius 3 is 2.21 bits per heavy atom. The summed E-state index contributed by atoms with van der Waals surface area (Å²) in [7, 11) is 0. The molecule has 2 aliphatic rings. The second-order valence-corrected chi connectivity index (χ2v) is 10.7. The summed E-state index contributed by atoms with van der Waals surface area (Å²) in [6, 6.07) is 20.4. The number of allylic oxidation sites excluding steroid dienone is 4. The monoisotopic (exact) mass is 437 g/mol. The van der Waals surface area contributed by atoms with E-state index in [2.05, 4.69) is 124 Å². The van der Waals surface area contributed by atoms with Crippen LogP contribution in [0.25, 0.3) is 17.1 Å². The van der Waals surface area contributed by atoms with Gasteiger partial charge in [-0.05, 0) is 47.0 Å². The highest BCUT2D eigenvalue weighted by Gasteiger charge is 2.41. The van der Waals surface area contributed by atoms with E-state index < -0.39 is 0 Å². The number of aromatic nitrogens is 2. The van der Waals surface area contributed by atoms with Crippen LogP contribution in [0.2, 0.25) is 0 Å². The normalized spacial score (nSPS) is 20.0. The Morgan fingerprint density at radius 2 is 1.55 bits per heavy atom. The van der Waals surface area contributed by atoms with Crippen LogP contribution < -0.4 is 4.57 Å². The van der Waals surface area contributed by atoms with Gasteiger partial charge in [0.05, 0.1) is 5.56 Å². The third-order valence-corrected chi connectivity index (χ3v) is 7.49. The van der Waals surface area contributed by atoms with Crippen LogP contribution in [0.1, 0.15) is 71.0 Å². The molecule has 5 rings (SSSR count). The van der Waals surface area contributed by atoms with Crippen LogP contribution in [0.5, 0.6) is 0 Å². The van der Waals surface area contributed by atoms with E-state index in [0.29, 0.717) is 29.7 Å². The van der Waals surface area contributed by atoms with E-state index >= 15 is 0 Å². The van der Waals surface area contributed by atoms with Gasteiger partial charge in [0.25, 0.3) is 5.82 Å². The van der Waals surface area contributed by atoms with Gasteiger partial charge in [0.15, 0.2) is 0 Å². The van der Waals surface area contributed by atoms with Crippen LogP contribution in [-0.2, 0) is 0 Å². The fourth-order valence-electron chi connectivity index (χ4n) is 5.92. The number of rotatable bonds is 5. The van der Waals surface area contributed by atoms with Gasteiger partial charge < -0.3 is 0 Å². The molecular formula is C31H37N2+. The fraction of sp³-hybridized carbons (Fsp3) is 0.387. The Morgan fingerprint density at radius 1 is 0.848 bits per heavy atom. The van der Waals surface area contributed by atoms with Crippen LogP contribution in [0.3, 0.4) is 0 Å². The molecule has 0 spiro atoms. The second kappa shape index (κ2) is 8.48. The Balaban J connectivity index is 1.72.